The molecular weight excluding hydrogens is 251 g/mol. The van der Waals surface area contributed by atoms with E-state index in [0.29, 0.717) is 0 Å². The highest BCUT2D eigenvalue weighted by atomic mass is 32.1. The summed E-state index contributed by atoms with van der Waals surface area (Å²) in [5, 5.41) is 3.00. The predicted octanol–water partition coefficient (Wildman–Crippen LogP) is 3.24. The van der Waals surface area contributed by atoms with Gasteiger partial charge in [0.25, 0.3) is 0 Å². The zero-order valence-corrected chi connectivity index (χ0v) is 10.8. The van der Waals surface area contributed by atoms with Gasteiger partial charge in [-0.15, -0.1) is 11.3 Å². The second kappa shape index (κ2) is 5.84. The Morgan fingerprint density at radius 2 is 2.12 bits per heavy atom. The lowest BCUT2D eigenvalue weighted by Crippen LogP contribution is -2.28. The van der Waals surface area contributed by atoms with Crippen molar-refractivity contribution in [3.05, 3.63) is 21.4 Å². The Balaban J connectivity index is 2.57. The Hall–Kier alpha value is -0.590. The van der Waals surface area contributed by atoms with Crippen LogP contribution in [0.1, 0.15) is 22.2 Å². The summed E-state index contributed by atoms with van der Waals surface area (Å²) in [6.45, 7) is 3.64. The first kappa shape index (κ1) is 14.5. The summed E-state index contributed by atoms with van der Waals surface area (Å²) >= 11 is 1.57. The minimum absolute atomic E-state index is 0.00667. The zero-order valence-electron chi connectivity index (χ0n) is 10.0. The van der Waals surface area contributed by atoms with E-state index >= 15 is 0 Å². The monoisotopic (exact) mass is 267 g/mol. The van der Waals surface area contributed by atoms with E-state index in [2.05, 4.69) is 5.32 Å². The predicted molar refractivity (Wildman–Crippen MR) is 62.1 cm³/mol. The third-order valence-electron chi connectivity index (χ3n) is 2.37. The number of hydrogen-bond acceptors (Lipinski definition) is 3. The van der Waals surface area contributed by atoms with Crippen LogP contribution >= 0.6 is 11.3 Å². The standard InChI is InChI=1S/C11H16F3NOS/c1-7-9(4-10(17-7)5-15-3)6-16-8(2)11(12,13)14/h4,8,15H,5-6H2,1-3H3. The number of nitrogens with one attached hydrogen (secondary N) is 1. The third-order valence-corrected chi connectivity index (χ3v) is 3.47. The molecule has 0 radical (unpaired) electrons. The van der Waals surface area contributed by atoms with Gasteiger partial charge in [0.1, 0.15) is 0 Å². The molecule has 1 rings (SSSR count). The molecule has 6 heteroatoms. The van der Waals surface area contributed by atoms with Crippen LogP contribution < -0.4 is 5.32 Å². The maximum atomic E-state index is 12.2. The molecule has 0 aliphatic rings. The van der Waals surface area contributed by atoms with Gasteiger partial charge in [-0.3, -0.25) is 0 Å². The highest BCUT2D eigenvalue weighted by Crippen LogP contribution is 2.26. The molecule has 0 aliphatic heterocycles. The molecule has 0 aliphatic carbocycles. The fraction of sp³-hybridized carbons (Fsp3) is 0.636. The van der Waals surface area contributed by atoms with Crippen LogP contribution in [0.15, 0.2) is 6.07 Å². The molecule has 0 saturated carbocycles. The summed E-state index contributed by atoms with van der Waals surface area (Å²) in [4.78, 5) is 2.10. The van der Waals surface area contributed by atoms with Crippen molar-refractivity contribution in [3.63, 3.8) is 0 Å². The second-order valence-electron chi connectivity index (χ2n) is 3.82. The van der Waals surface area contributed by atoms with Crippen LogP contribution in [0.3, 0.4) is 0 Å². The Morgan fingerprint density at radius 3 is 2.65 bits per heavy atom. The van der Waals surface area contributed by atoms with Crippen LogP contribution in [-0.4, -0.2) is 19.3 Å². The number of thiophene rings is 1. The van der Waals surface area contributed by atoms with Gasteiger partial charge in [-0.25, -0.2) is 0 Å². The molecule has 1 heterocycles. The Morgan fingerprint density at radius 1 is 1.47 bits per heavy atom. The fourth-order valence-electron chi connectivity index (χ4n) is 1.30. The zero-order chi connectivity index (χ0) is 13.1. The molecule has 0 fully saturated rings. The van der Waals surface area contributed by atoms with Crippen LogP contribution in [0, 0.1) is 6.92 Å². The van der Waals surface area contributed by atoms with Crippen molar-refractivity contribution >= 4 is 11.3 Å². The Labute approximate surface area is 103 Å². The number of ether oxygens (including phenoxy) is 1. The van der Waals surface area contributed by atoms with Crippen molar-refractivity contribution in [1.82, 2.24) is 5.32 Å². The second-order valence-corrected chi connectivity index (χ2v) is 5.16. The van der Waals surface area contributed by atoms with Crippen molar-refractivity contribution in [1.29, 1.82) is 0 Å². The summed E-state index contributed by atoms with van der Waals surface area (Å²) in [7, 11) is 1.83. The van der Waals surface area contributed by atoms with Crippen LogP contribution in [0.5, 0.6) is 0 Å². The van der Waals surface area contributed by atoms with Gasteiger partial charge in [-0.05, 0) is 32.5 Å². The van der Waals surface area contributed by atoms with Crippen LogP contribution in [0.25, 0.3) is 0 Å². The van der Waals surface area contributed by atoms with Crippen LogP contribution in [0.2, 0.25) is 0 Å². The summed E-state index contributed by atoms with van der Waals surface area (Å²) in [6, 6.07) is 1.89. The quantitative estimate of drug-likeness (QED) is 0.884. The average molecular weight is 267 g/mol. The van der Waals surface area contributed by atoms with Gasteiger partial charge in [0.05, 0.1) is 6.61 Å². The molecule has 17 heavy (non-hydrogen) atoms. The maximum Gasteiger partial charge on any atom is 0.414 e. The van der Waals surface area contributed by atoms with Gasteiger partial charge in [0.2, 0.25) is 0 Å². The maximum absolute atomic E-state index is 12.2. The first-order chi connectivity index (χ1) is 7.84. The SMILES string of the molecule is CNCc1cc(COC(C)C(F)(F)F)c(C)s1. The average Bonchev–Trinajstić information content (AvgIpc) is 2.54. The lowest BCUT2D eigenvalue weighted by molar-refractivity contribution is -0.217. The number of alkyl halides is 3. The number of aryl methyl sites for hydroxylation is 1. The van der Waals surface area contributed by atoms with E-state index in [9.17, 15) is 13.2 Å². The van der Waals surface area contributed by atoms with Gasteiger partial charge < -0.3 is 10.1 Å². The largest absolute Gasteiger partial charge is 0.414 e. The van der Waals surface area contributed by atoms with Crippen molar-refractivity contribution in [3.8, 4) is 0 Å². The van der Waals surface area contributed by atoms with Gasteiger partial charge in [-0.1, -0.05) is 0 Å². The van der Waals surface area contributed by atoms with Crippen molar-refractivity contribution in [2.45, 2.75) is 39.3 Å². The number of rotatable bonds is 5. The molecule has 98 valence electrons. The van der Waals surface area contributed by atoms with E-state index in [4.69, 9.17) is 4.74 Å². The van der Waals surface area contributed by atoms with E-state index in [1.807, 2.05) is 20.0 Å². The van der Waals surface area contributed by atoms with Crippen molar-refractivity contribution in [2.75, 3.05) is 7.05 Å². The van der Waals surface area contributed by atoms with Gasteiger partial charge in [0, 0.05) is 16.3 Å². The molecule has 1 aromatic heterocycles. The molecule has 0 saturated heterocycles. The molecule has 1 atom stereocenters. The highest BCUT2D eigenvalue weighted by Gasteiger charge is 2.36. The minimum Gasteiger partial charge on any atom is -0.364 e. The number of hydrogen-bond donors (Lipinski definition) is 1. The van der Waals surface area contributed by atoms with E-state index < -0.39 is 12.3 Å². The van der Waals surface area contributed by atoms with Gasteiger partial charge >= 0.3 is 6.18 Å². The van der Waals surface area contributed by atoms with Crippen LogP contribution in [-0.2, 0) is 17.9 Å². The molecule has 0 spiro atoms. The Kier molecular flexibility index (Phi) is 4.97. The van der Waals surface area contributed by atoms with Gasteiger partial charge in [0.15, 0.2) is 6.10 Å². The van der Waals surface area contributed by atoms with E-state index in [1.54, 1.807) is 11.3 Å². The third kappa shape index (κ3) is 4.29. The molecule has 1 aromatic rings. The Bertz CT molecular complexity index is 362. The highest BCUT2D eigenvalue weighted by molar-refractivity contribution is 7.12. The topological polar surface area (TPSA) is 21.3 Å². The molecule has 2 nitrogen and oxygen atoms in total. The molecule has 1 unspecified atom stereocenters. The summed E-state index contributed by atoms with van der Waals surface area (Å²) < 4.78 is 41.6. The van der Waals surface area contributed by atoms with Crippen molar-refractivity contribution in [2.24, 2.45) is 0 Å². The van der Waals surface area contributed by atoms with E-state index in [0.717, 1.165) is 28.8 Å². The van der Waals surface area contributed by atoms with Crippen molar-refractivity contribution < 1.29 is 17.9 Å². The van der Waals surface area contributed by atoms with Gasteiger partial charge in [-0.2, -0.15) is 13.2 Å². The van der Waals surface area contributed by atoms with E-state index in [-0.39, 0.29) is 6.61 Å². The first-order valence-electron chi connectivity index (χ1n) is 5.25. The molecule has 0 amide bonds. The normalized spacial score (nSPS) is 14.0. The molecule has 0 bridgehead atoms. The minimum atomic E-state index is -4.29. The fourth-order valence-corrected chi connectivity index (χ4v) is 2.36. The van der Waals surface area contributed by atoms with E-state index in [1.165, 1.54) is 0 Å². The molecule has 1 N–H and O–H groups in total. The summed E-state index contributed by atoms with van der Waals surface area (Å²) in [5.74, 6) is 0. The lowest BCUT2D eigenvalue weighted by Gasteiger charge is -2.16. The molecule has 0 aromatic carbocycles. The lowest BCUT2D eigenvalue weighted by atomic mass is 10.2. The summed E-state index contributed by atoms with van der Waals surface area (Å²) in [6.07, 6.45) is -6.02. The first-order valence-corrected chi connectivity index (χ1v) is 6.07. The smallest absolute Gasteiger partial charge is 0.364 e. The molecular formula is C11H16F3NOS. The van der Waals surface area contributed by atoms with Crippen LogP contribution in [0.4, 0.5) is 13.2 Å². The number of halogens is 3. The summed E-state index contributed by atoms with van der Waals surface area (Å²) in [5.41, 5.74) is 0.830.